The fourth-order valence-corrected chi connectivity index (χ4v) is 3.66. The molecule has 0 heterocycles. The van der Waals surface area contributed by atoms with E-state index in [0.717, 1.165) is 11.8 Å². The lowest BCUT2D eigenvalue weighted by atomic mass is 9.84. The molecule has 20 heavy (non-hydrogen) atoms. The molecule has 0 spiro atoms. The molecule has 0 radical (unpaired) electrons. The van der Waals surface area contributed by atoms with Gasteiger partial charge in [-0.2, -0.15) is 0 Å². The summed E-state index contributed by atoms with van der Waals surface area (Å²) in [4.78, 5) is 0. The maximum Gasteiger partial charge on any atom is 0.0154 e. The van der Waals surface area contributed by atoms with E-state index in [1.54, 1.807) is 0 Å². The van der Waals surface area contributed by atoms with Gasteiger partial charge in [0.15, 0.2) is 0 Å². The lowest BCUT2D eigenvalue weighted by Gasteiger charge is -2.28. The summed E-state index contributed by atoms with van der Waals surface area (Å²) in [6, 6.07) is 10.8. The zero-order valence-electron chi connectivity index (χ0n) is 13.3. The average Bonchev–Trinajstić information content (AvgIpc) is 2.62. The molecule has 1 aliphatic carbocycles. The second-order valence-corrected chi connectivity index (χ2v) is 7.14. The average molecular weight is 273 g/mol. The van der Waals surface area contributed by atoms with Crippen molar-refractivity contribution in [3.8, 4) is 0 Å². The Labute approximate surface area is 125 Å². The molecule has 0 bridgehead atoms. The lowest BCUT2D eigenvalue weighted by Crippen LogP contribution is -2.39. The minimum Gasteiger partial charge on any atom is -0.325 e. The van der Waals surface area contributed by atoms with Gasteiger partial charge < -0.3 is 5.73 Å². The van der Waals surface area contributed by atoms with Crippen LogP contribution in [0, 0.1) is 11.8 Å². The molecule has 1 nitrogen and oxygen atoms in total. The first-order valence-corrected chi connectivity index (χ1v) is 8.42. The Hall–Kier alpha value is -0.820. The summed E-state index contributed by atoms with van der Waals surface area (Å²) in [5.41, 5.74) is 8.24. The number of benzene rings is 1. The van der Waals surface area contributed by atoms with Crippen LogP contribution >= 0.6 is 0 Å². The summed E-state index contributed by atoms with van der Waals surface area (Å²) in [6.45, 7) is 4.73. The van der Waals surface area contributed by atoms with Gasteiger partial charge in [0.1, 0.15) is 0 Å². The predicted octanol–water partition coefficient (Wildman–Crippen LogP) is 4.94. The molecule has 0 saturated heterocycles. The molecule has 0 aromatic heterocycles. The quantitative estimate of drug-likeness (QED) is 0.755. The first kappa shape index (κ1) is 15.6. The molecule has 1 aromatic carbocycles. The Balaban J connectivity index is 1.79. The van der Waals surface area contributed by atoms with E-state index in [2.05, 4.69) is 44.2 Å². The van der Waals surface area contributed by atoms with E-state index >= 15 is 0 Å². The number of nitrogens with two attached hydrogens (primary N) is 1. The van der Waals surface area contributed by atoms with Crippen LogP contribution in [0.5, 0.6) is 0 Å². The number of aryl methyl sites for hydroxylation is 1. The molecule has 112 valence electrons. The van der Waals surface area contributed by atoms with Crippen LogP contribution in [0.3, 0.4) is 0 Å². The molecule has 2 atom stereocenters. The lowest BCUT2D eigenvalue weighted by molar-refractivity contribution is 0.309. The summed E-state index contributed by atoms with van der Waals surface area (Å²) in [6.07, 6.45) is 10.1. The van der Waals surface area contributed by atoms with E-state index in [4.69, 9.17) is 5.73 Å². The summed E-state index contributed by atoms with van der Waals surface area (Å²) < 4.78 is 0. The molecule has 2 rings (SSSR count). The van der Waals surface area contributed by atoms with Crippen molar-refractivity contribution in [2.24, 2.45) is 17.6 Å². The smallest absolute Gasteiger partial charge is 0.0154 e. The molecule has 1 aliphatic rings. The minimum absolute atomic E-state index is 0.110. The molecular formula is C19H31N. The number of hydrogen-bond donors (Lipinski definition) is 1. The van der Waals surface area contributed by atoms with Crippen LogP contribution in [-0.4, -0.2) is 5.54 Å². The van der Waals surface area contributed by atoms with E-state index in [0.29, 0.717) is 0 Å². The maximum absolute atomic E-state index is 6.69. The molecular weight excluding hydrogens is 242 g/mol. The van der Waals surface area contributed by atoms with Crippen molar-refractivity contribution in [3.05, 3.63) is 35.9 Å². The summed E-state index contributed by atoms with van der Waals surface area (Å²) in [5, 5.41) is 0. The van der Waals surface area contributed by atoms with Gasteiger partial charge in [-0.15, -0.1) is 0 Å². The third-order valence-electron chi connectivity index (χ3n) is 5.19. The van der Waals surface area contributed by atoms with Gasteiger partial charge in [-0.05, 0) is 55.9 Å². The van der Waals surface area contributed by atoms with Gasteiger partial charge in [-0.1, -0.05) is 57.0 Å². The monoisotopic (exact) mass is 273 g/mol. The first-order chi connectivity index (χ1) is 9.59. The van der Waals surface area contributed by atoms with Gasteiger partial charge in [0, 0.05) is 5.54 Å². The molecule has 2 N–H and O–H groups in total. The first-order valence-electron chi connectivity index (χ1n) is 8.42. The van der Waals surface area contributed by atoms with Gasteiger partial charge in [0.2, 0.25) is 0 Å². The molecule has 1 aromatic rings. The normalized spacial score (nSPS) is 27.5. The van der Waals surface area contributed by atoms with Crippen molar-refractivity contribution in [1.29, 1.82) is 0 Å². The van der Waals surface area contributed by atoms with Gasteiger partial charge in [0.25, 0.3) is 0 Å². The minimum atomic E-state index is 0.110. The Kier molecular flexibility index (Phi) is 5.65. The van der Waals surface area contributed by atoms with E-state index in [9.17, 15) is 0 Å². The summed E-state index contributed by atoms with van der Waals surface area (Å²) >= 11 is 0. The summed E-state index contributed by atoms with van der Waals surface area (Å²) in [7, 11) is 0. The maximum atomic E-state index is 6.69. The van der Waals surface area contributed by atoms with Crippen LogP contribution in [0.15, 0.2) is 30.3 Å². The second-order valence-electron chi connectivity index (χ2n) is 7.14. The topological polar surface area (TPSA) is 26.0 Å². The van der Waals surface area contributed by atoms with Gasteiger partial charge in [0.05, 0.1) is 0 Å². The Morgan fingerprint density at radius 2 is 1.90 bits per heavy atom. The predicted molar refractivity (Wildman–Crippen MR) is 87.7 cm³/mol. The molecule has 1 fully saturated rings. The van der Waals surface area contributed by atoms with Crippen molar-refractivity contribution < 1.29 is 0 Å². The highest BCUT2D eigenvalue weighted by Crippen LogP contribution is 2.35. The zero-order chi connectivity index (χ0) is 14.4. The third-order valence-corrected chi connectivity index (χ3v) is 5.19. The number of hydrogen-bond acceptors (Lipinski definition) is 1. The Bertz CT molecular complexity index is 384. The molecule has 2 unspecified atom stereocenters. The highest BCUT2D eigenvalue weighted by atomic mass is 14.7. The molecule has 1 heteroatoms. The van der Waals surface area contributed by atoms with Crippen LogP contribution in [-0.2, 0) is 6.42 Å². The van der Waals surface area contributed by atoms with Crippen LogP contribution in [0.4, 0.5) is 0 Å². The number of rotatable bonds is 5. The van der Waals surface area contributed by atoms with Crippen molar-refractivity contribution in [3.63, 3.8) is 0 Å². The Morgan fingerprint density at radius 3 is 2.60 bits per heavy atom. The van der Waals surface area contributed by atoms with Crippen molar-refractivity contribution in [2.45, 2.75) is 70.8 Å². The molecule has 0 aliphatic heterocycles. The highest BCUT2D eigenvalue weighted by Gasteiger charge is 2.29. The third kappa shape index (κ3) is 4.63. The van der Waals surface area contributed by atoms with Gasteiger partial charge >= 0.3 is 0 Å². The largest absolute Gasteiger partial charge is 0.325 e. The SMILES string of the molecule is CC(C)C1CCCC(N)(CCCc2ccccc2)CC1. The van der Waals surface area contributed by atoms with Crippen molar-refractivity contribution >= 4 is 0 Å². The summed E-state index contributed by atoms with van der Waals surface area (Å²) in [5.74, 6) is 1.72. The van der Waals surface area contributed by atoms with Crippen LogP contribution in [0.2, 0.25) is 0 Å². The van der Waals surface area contributed by atoms with Gasteiger partial charge in [-0.3, -0.25) is 0 Å². The van der Waals surface area contributed by atoms with E-state index in [1.807, 2.05) is 0 Å². The van der Waals surface area contributed by atoms with E-state index in [1.165, 1.54) is 56.9 Å². The molecule has 0 amide bonds. The van der Waals surface area contributed by atoms with Crippen LogP contribution in [0.25, 0.3) is 0 Å². The van der Waals surface area contributed by atoms with Crippen molar-refractivity contribution in [1.82, 2.24) is 0 Å². The van der Waals surface area contributed by atoms with Crippen molar-refractivity contribution in [2.75, 3.05) is 0 Å². The van der Waals surface area contributed by atoms with E-state index < -0.39 is 0 Å². The molecule has 1 saturated carbocycles. The fraction of sp³-hybridized carbons (Fsp3) is 0.684. The van der Waals surface area contributed by atoms with Gasteiger partial charge in [-0.25, -0.2) is 0 Å². The zero-order valence-corrected chi connectivity index (χ0v) is 13.3. The van der Waals surface area contributed by atoms with Crippen LogP contribution < -0.4 is 5.73 Å². The van der Waals surface area contributed by atoms with Crippen LogP contribution in [0.1, 0.15) is 64.4 Å². The Morgan fingerprint density at radius 1 is 1.15 bits per heavy atom. The van der Waals surface area contributed by atoms with E-state index in [-0.39, 0.29) is 5.54 Å². The fourth-order valence-electron chi connectivity index (χ4n) is 3.66. The second kappa shape index (κ2) is 7.26. The standard InChI is InChI=1S/C19H31N/c1-16(2)18-11-7-14-19(20,15-12-18)13-6-10-17-8-4-3-5-9-17/h3-5,8-9,16,18H,6-7,10-15,20H2,1-2H3. The highest BCUT2D eigenvalue weighted by molar-refractivity contribution is 5.14.